The van der Waals surface area contributed by atoms with E-state index in [1.165, 1.54) is 29.0 Å². The lowest BCUT2D eigenvalue weighted by molar-refractivity contribution is -0.129. The van der Waals surface area contributed by atoms with Gasteiger partial charge in [-0.2, -0.15) is 15.2 Å². The van der Waals surface area contributed by atoms with Crippen molar-refractivity contribution in [3.05, 3.63) is 66.4 Å². The Labute approximate surface area is 248 Å². The SMILES string of the molecule is C=CC(=O)N1C[C@H](C)N(c2nc(OCC3CCCN3C)nc3c2CCN(c2cccc4ccccc24)C3)C[C@@H]1CC#N. The predicted octanol–water partition coefficient (Wildman–Crippen LogP) is 4.17. The molecular formula is C33H39N7O2. The van der Waals surface area contributed by atoms with E-state index in [1.54, 1.807) is 4.90 Å². The molecular weight excluding hydrogens is 526 g/mol. The number of likely N-dealkylation sites (tertiary alicyclic amines) is 1. The average Bonchev–Trinajstić information content (AvgIpc) is 3.43. The molecule has 2 aromatic carbocycles. The minimum absolute atomic E-state index is 0.00718. The van der Waals surface area contributed by atoms with Crippen molar-refractivity contribution in [3.63, 3.8) is 0 Å². The first-order chi connectivity index (χ1) is 20.5. The standard InChI is InChI=1S/C33H39N7O2/c1-4-31(41)40-19-23(2)39(20-25(40)14-16-34)32-28-15-18-38(30-13-7-10-24-9-5-6-12-27(24)30)21-29(28)35-33(36-32)42-22-26-11-8-17-37(26)3/h4-7,9-10,12-13,23,25-26H,1,8,11,14-15,17-22H2,2-3H3/t23-,25-,26?/m0/s1. The number of benzene rings is 2. The average molecular weight is 566 g/mol. The van der Waals surface area contributed by atoms with Crippen molar-refractivity contribution < 1.29 is 9.53 Å². The Morgan fingerprint density at radius 3 is 2.76 bits per heavy atom. The van der Waals surface area contributed by atoms with Crippen molar-refractivity contribution in [1.29, 1.82) is 5.26 Å². The molecule has 4 heterocycles. The number of piperazine rings is 1. The summed E-state index contributed by atoms with van der Waals surface area (Å²) in [5.74, 6) is 0.732. The second kappa shape index (κ2) is 12.0. The van der Waals surface area contributed by atoms with Crippen LogP contribution in [0, 0.1) is 11.3 Å². The number of rotatable bonds is 7. The van der Waals surface area contributed by atoms with Crippen molar-refractivity contribution >= 4 is 28.2 Å². The molecule has 0 spiro atoms. The Morgan fingerprint density at radius 2 is 1.98 bits per heavy atom. The summed E-state index contributed by atoms with van der Waals surface area (Å²) in [6.45, 7) is 9.94. The molecule has 3 aromatic rings. The van der Waals surface area contributed by atoms with Crippen molar-refractivity contribution in [3.8, 4) is 12.1 Å². The Morgan fingerprint density at radius 1 is 1.14 bits per heavy atom. The number of anilines is 2. The van der Waals surface area contributed by atoms with Crippen LogP contribution in [-0.4, -0.2) is 83.6 Å². The van der Waals surface area contributed by atoms with Gasteiger partial charge in [0.2, 0.25) is 5.91 Å². The minimum Gasteiger partial charge on any atom is -0.462 e. The normalized spacial score (nSPS) is 22.6. The van der Waals surface area contributed by atoms with E-state index in [0.29, 0.717) is 38.3 Å². The summed E-state index contributed by atoms with van der Waals surface area (Å²) in [5, 5.41) is 12.0. The number of carbonyl (C=O) groups excluding carboxylic acids is 1. The lowest BCUT2D eigenvalue weighted by atomic mass is 9.99. The maximum absolute atomic E-state index is 12.7. The van der Waals surface area contributed by atoms with Gasteiger partial charge in [-0.3, -0.25) is 4.79 Å². The van der Waals surface area contributed by atoms with Crippen LogP contribution in [0.4, 0.5) is 11.5 Å². The Hall–Kier alpha value is -4.16. The topological polar surface area (TPSA) is 88.8 Å². The number of nitrogens with zero attached hydrogens (tertiary/aromatic N) is 7. The van der Waals surface area contributed by atoms with Gasteiger partial charge in [-0.05, 0) is 57.3 Å². The van der Waals surface area contributed by atoms with E-state index in [-0.39, 0.29) is 24.4 Å². The van der Waals surface area contributed by atoms with E-state index in [0.717, 1.165) is 43.0 Å². The lowest BCUT2D eigenvalue weighted by Gasteiger charge is -2.46. The highest BCUT2D eigenvalue weighted by molar-refractivity contribution is 5.94. The fourth-order valence-corrected chi connectivity index (χ4v) is 6.74. The molecule has 1 unspecified atom stereocenters. The van der Waals surface area contributed by atoms with E-state index >= 15 is 0 Å². The van der Waals surface area contributed by atoms with E-state index in [9.17, 15) is 10.1 Å². The summed E-state index contributed by atoms with van der Waals surface area (Å²) in [4.78, 5) is 31.5. The molecule has 2 fully saturated rings. The number of ether oxygens (including phenoxy) is 1. The van der Waals surface area contributed by atoms with Crippen LogP contribution in [0.3, 0.4) is 0 Å². The zero-order chi connectivity index (χ0) is 29.2. The highest BCUT2D eigenvalue weighted by Gasteiger charge is 2.37. The molecule has 1 amide bonds. The molecule has 42 heavy (non-hydrogen) atoms. The van der Waals surface area contributed by atoms with Crippen molar-refractivity contribution in [2.24, 2.45) is 0 Å². The number of carbonyl (C=O) groups is 1. The molecule has 0 bridgehead atoms. The largest absolute Gasteiger partial charge is 0.462 e. The fraction of sp³-hybridized carbons (Fsp3) is 0.455. The first-order valence-electron chi connectivity index (χ1n) is 15.0. The predicted molar refractivity (Wildman–Crippen MR) is 165 cm³/mol. The van der Waals surface area contributed by atoms with Gasteiger partial charge in [0.05, 0.1) is 30.8 Å². The van der Waals surface area contributed by atoms with Gasteiger partial charge in [-0.1, -0.05) is 43.0 Å². The first kappa shape index (κ1) is 28.0. The molecule has 3 aliphatic heterocycles. The number of nitriles is 1. The van der Waals surface area contributed by atoms with Gasteiger partial charge in [-0.25, -0.2) is 0 Å². The monoisotopic (exact) mass is 565 g/mol. The molecule has 9 nitrogen and oxygen atoms in total. The van der Waals surface area contributed by atoms with E-state index in [4.69, 9.17) is 14.7 Å². The van der Waals surface area contributed by atoms with Crippen LogP contribution >= 0.6 is 0 Å². The molecule has 9 heteroatoms. The first-order valence-corrected chi connectivity index (χ1v) is 15.0. The van der Waals surface area contributed by atoms with Gasteiger partial charge in [0.1, 0.15) is 12.4 Å². The van der Waals surface area contributed by atoms with E-state index in [2.05, 4.69) is 83.8 Å². The summed E-state index contributed by atoms with van der Waals surface area (Å²) < 4.78 is 6.32. The summed E-state index contributed by atoms with van der Waals surface area (Å²) in [7, 11) is 2.14. The van der Waals surface area contributed by atoms with Gasteiger partial charge in [-0.15, -0.1) is 0 Å². The van der Waals surface area contributed by atoms with Gasteiger partial charge in [0.15, 0.2) is 0 Å². The Kier molecular flexibility index (Phi) is 7.98. The molecule has 0 aliphatic carbocycles. The van der Waals surface area contributed by atoms with Crippen LogP contribution in [0.1, 0.15) is 37.4 Å². The Bertz CT molecular complexity index is 1510. The van der Waals surface area contributed by atoms with Gasteiger partial charge >= 0.3 is 6.01 Å². The summed E-state index contributed by atoms with van der Waals surface area (Å²) in [6.07, 6.45) is 4.66. The number of hydrogen-bond acceptors (Lipinski definition) is 8. The molecule has 1 aromatic heterocycles. The maximum atomic E-state index is 12.7. The maximum Gasteiger partial charge on any atom is 0.318 e. The van der Waals surface area contributed by atoms with Crippen LogP contribution in [0.15, 0.2) is 55.1 Å². The molecule has 3 aliphatic rings. The molecule has 0 radical (unpaired) electrons. The molecule has 0 saturated carbocycles. The van der Waals surface area contributed by atoms with Crippen LogP contribution in [0.5, 0.6) is 6.01 Å². The van der Waals surface area contributed by atoms with Crippen LogP contribution < -0.4 is 14.5 Å². The zero-order valence-electron chi connectivity index (χ0n) is 24.6. The molecule has 218 valence electrons. The van der Waals surface area contributed by atoms with Crippen LogP contribution in [0.2, 0.25) is 0 Å². The third kappa shape index (κ3) is 5.39. The zero-order valence-corrected chi connectivity index (χ0v) is 24.6. The Balaban J connectivity index is 1.35. The van der Waals surface area contributed by atoms with Crippen LogP contribution in [-0.2, 0) is 17.8 Å². The molecule has 0 N–H and O–H groups in total. The summed E-state index contributed by atoms with van der Waals surface area (Å²) >= 11 is 0. The lowest BCUT2D eigenvalue weighted by Crippen LogP contribution is -2.59. The fourth-order valence-electron chi connectivity index (χ4n) is 6.74. The summed E-state index contributed by atoms with van der Waals surface area (Å²) in [6, 6.07) is 17.8. The second-order valence-corrected chi connectivity index (χ2v) is 11.7. The van der Waals surface area contributed by atoms with Crippen molar-refractivity contribution in [1.82, 2.24) is 19.8 Å². The van der Waals surface area contributed by atoms with Crippen molar-refractivity contribution in [2.45, 2.75) is 57.3 Å². The van der Waals surface area contributed by atoms with Gasteiger partial charge in [0, 0.05) is 48.4 Å². The number of aromatic nitrogens is 2. The highest BCUT2D eigenvalue weighted by atomic mass is 16.5. The summed E-state index contributed by atoms with van der Waals surface area (Å²) in [5.41, 5.74) is 3.30. The van der Waals surface area contributed by atoms with Gasteiger partial charge < -0.3 is 24.3 Å². The van der Waals surface area contributed by atoms with E-state index < -0.39 is 0 Å². The third-order valence-corrected chi connectivity index (χ3v) is 9.10. The highest BCUT2D eigenvalue weighted by Crippen LogP contribution is 2.36. The number of amides is 1. The van der Waals surface area contributed by atoms with Crippen LogP contribution in [0.25, 0.3) is 10.8 Å². The van der Waals surface area contributed by atoms with E-state index in [1.807, 2.05) is 0 Å². The second-order valence-electron chi connectivity index (χ2n) is 11.7. The van der Waals surface area contributed by atoms with Crippen molar-refractivity contribution in [2.75, 3.05) is 49.6 Å². The molecule has 3 atom stereocenters. The number of hydrogen-bond donors (Lipinski definition) is 0. The molecule has 2 saturated heterocycles. The smallest absolute Gasteiger partial charge is 0.318 e. The van der Waals surface area contributed by atoms with Gasteiger partial charge in [0.25, 0.3) is 0 Å². The minimum atomic E-state index is -0.241. The number of fused-ring (bicyclic) bond motifs is 2. The number of likely N-dealkylation sites (N-methyl/N-ethyl adjacent to an activating group) is 1. The third-order valence-electron chi connectivity index (χ3n) is 9.10. The quantitative estimate of drug-likeness (QED) is 0.395. The molecule has 6 rings (SSSR count).